The molecule has 0 saturated carbocycles. The van der Waals surface area contributed by atoms with Crippen LogP contribution in [0.5, 0.6) is 11.5 Å². The van der Waals surface area contributed by atoms with E-state index in [1.807, 2.05) is 37.3 Å². The zero-order valence-electron chi connectivity index (χ0n) is 18.0. The van der Waals surface area contributed by atoms with Crippen LogP contribution in [0.4, 0.5) is 0 Å². The monoisotopic (exact) mass is 418 g/mol. The first-order valence-corrected chi connectivity index (χ1v) is 10.4. The maximum atomic E-state index is 10.7. The van der Waals surface area contributed by atoms with Gasteiger partial charge in [-0.15, -0.1) is 6.58 Å². The molecule has 0 aliphatic carbocycles. The van der Waals surface area contributed by atoms with Crippen LogP contribution in [0.2, 0.25) is 0 Å². The molecule has 4 nitrogen and oxygen atoms in total. The number of hydrogen-bond acceptors (Lipinski definition) is 4. The number of aliphatic hydroxyl groups excluding tert-OH is 2. The summed E-state index contributed by atoms with van der Waals surface area (Å²) in [4.78, 5) is 0. The number of hydrogen-bond donors (Lipinski definition) is 3. The highest BCUT2D eigenvalue weighted by molar-refractivity contribution is 5.94. The van der Waals surface area contributed by atoms with E-state index in [2.05, 4.69) is 12.7 Å². The van der Waals surface area contributed by atoms with Crippen LogP contribution in [0.25, 0.3) is 16.8 Å². The van der Waals surface area contributed by atoms with Crippen molar-refractivity contribution in [1.82, 2.24) is 0 Å². The summed E-state index contributed by atoms with van der Waals surface area (Å²) >= 11 is 0. The van der Waals surface area contributed by atoms with E-state index < -0.39 is 18.1 Å². The minimum Gasteiger partial charge on any atom is -0.507 e. The summed E-state index contributed by atoms with van der Waals surface area (Å²) < 4.78 is 5.16. The number of phenols is 1. The third-order valence-corrected chi connectivity index (χ3v) is 5.71. The van der Waals surface area contributed by atoms with Crippen LogP contribution in [0.1, 0.15) is 37.0 Å². The molecular formula is C27H30O4. The number of methoxy groups -OCH3 is 1. The van der Waals surface area contributed by atoms with Crippen LogP contribution in [0.3, 0.4) is 0 Å². The maximum absolute atomic E-state index is 10.7. The molecule has 162 valence electrons. The predicted molar refractivity (Wildman–Crippen MR) is 126 cm³/mol. The number of aromatic hydroxyl groups is 1. The second-order valence-electron chi connectivity index (χ2n) is 7.85. The second-order valence-corrected chi connectivity index (χ2v) is 7.85. The van der Waals surface area contributed by atoms with E-state index in [1.165, 1.54) is 0 Å². The number of ether oxygens (including phenoxy) is 1. The lowest BCUT2D eigenvalue weighted by molar-refractivity contribution is 0.0319. The molecule has 0 heterocycles. The van der Waals surface area contributed by atoms with Crippen LogP contribution >= 0.6 is 0 Å². The molecule has 0 radical (unpaired) electrons. The minimum atomic E-state index is -0.844. The van der Waals surface area contributed by atoms with Crippen molar-refractivity contribution in [3.8, 4) is 11.5 Å². The fourth-order valence-electron chi connectivity index (χ4n) is 3.86. The molecule has 0 spiro atoms. The normalized spacial score (nSPS) is 14.8. The largest absolute Gasteiger partial charge is 0.507 e. The Balaban J connectivity index is 1.69. The molecule has 3 rings (SSSR count). The molecule has 0 aromatic heterocycles. The van der Waals surface area contributed by atoms with Crippen molar-refractivity contribution in [3.63, 3.8) is 0 Å². The Labute approximate surface area is 183 Å². The van der Waals surface area contributed by atoms with Crippen molar-refractivity contribution in [2.75, 3.05) is 7.11 Å². The van der Waals surface area contributed by atoms with Crippen LogP contribution < -0.4 is 4.74 Å². The Kier molecular flexibility index (Phi) is 7.50. The molecule has 3 N–H and O–H groups in total. The van der Waals surface area contributed by atoms with Crippen LogP contribution in [-0.2, 0) is 0 Å². The zero-order valence-corrected chi connectivity index (χ0v) is 18.0. The summed E-state index contributed by atoms with van der Waals surface area (Å²) in [5, 5.41) is 33.4. The van der Waals surface area contributed by atoms with Gasteiger partial charge in [-0.2, -0.15) is 0 Å². The summed E-state index contributed by atoms with van der Waals surface area (Å²) in [7, 11) is 1.60. The van der Waals surface area contributed by atoms with Gasteiger partial charge in [0.15, 0.2) is 0 Å². The Bertz CT molecular complexity index is 1050. The van der Waals surface area contributed by atoms with Crippen molar-refractivity contribution in [2.45, 2.75) is 32.0 Å². The smallest absolute Gasteiger partial charge is 0.123 e. The van der Waals surface area contributed by atoms with Gasteiger partial charge in [-0.25, -0.2) is 0 Å². The Morgan fingerprint density at radius 3 is 2.32 bits per heavy atom. The minimum absolute atomic E-state index is 0.266. The predicted octanol–water partition coefficient (Wildman–Crippen LogP) is 5.63. The van der Waals surface area contributed by atoms with Crippen molar-refractivity contribution in [1.29, 1.82) is 0 Å². The number of aliphatic hydroxyl groups is 2. The lowest BCUT2D eigenvalue weighted by Crippen LogP contribution is -2.25. The highest BCUT2D eigenvalue weighted by atomic mass is 16.5. The molecule has 4 heteroatoms. The molecule has 3 aromatic carbocycles. The highest BCUT2D eigenvalue weighted by Gasteiger charge is 2.25. The van der Waals surface area contributed by atoms with E-state index in [4.69, 9.17) is 4.74 Å². The van der Waals surface area contributed by atoms with Gasteiger partial charge >= 0.3 is 0 Å². The molecule has 3 aromatic rings. The van der Waals surface area contributed by atoms with E-state index in [0.717, 1.165) is 21.9 Å². The quantitative estimate of drug-likeness (QED) is 0.394. The van der Waals surface area contributed by atoms with Gasteiger partial charge in [-0.3, -0.25) is 0 Å². The van der Waals surface area contributed by atoms with Crippen molar-refractivity contribution >= 4 is 16.8 Å². The zero-order chi connectivity index (χ0) is 22.4. The summed E-state index contributed by atoms with van der Waals surface area (Å²) in [6, 6.07) is 18.5. The Morgan fingerprint density at radius 1 is 1.00 bits per heavy atom. The number of fused-ring (bicyclic) bond motifs is 1. The fourth-order valence-corrected chi connectivity index (χ4v) is 3.86. The number of phenolic OH excluding ortho intramolecular Hbond substituents is 1. The third-order valence-electron chi connectivity index (χ3n) is 5.71. The van der Waals surface area contributed by atoms with Gasteiger partial charge in [0.25, 0.3) is 0 Å². The van der Waals surface area contributed by atoms with Crippen LogP contribution in [0.15, 0.2) is 78.9 Å². The number of benzene rings is 3. The topological polar surface area (TPSA) is 69.9 Å². The van der Waals surface area contributed by atoms with E-state index in [-0.39, 0.29) is 5.75 Å². The molecule has 0 saturated heterocycles. The molecule has 0 unspecified atom stereocenters. The molecule has 31 heavy (non-hydrogen) atoms. The van der Waals surface area contributed by atoms with Gasteiger partial charge in [-0.1, -0.05) is 60.2 Å². The van der Waals surface area contributed by atoms with Crippen molar-refractivity contribution in [2.24, 2.45) is 5.92 Å². The van der Waals surface area contributed by atoms with E-state index in [9.17, 15) is 15.3 Å². The fraction of sp³-hybridized carbons (Fsp3) is 0.259. The van der Waals surface area contributed by atoms with Crippen molar-refractivity contribution in [3.05, 3.63) is 90.0 Å². The number of allylic oxidation sites excluding steroid dienone is 1. The summed E-state index contributed by atoms with van der Waals surface area (Å²) in [6.45, 7) is 5.84. The van der Waals surface area contributed by atoms with E-state index >= 15 is 0 Å². The molecule has 0 bridgehead atoms. The second kappa shape index (κ2) is 10.3. The SMILES string of the molecule is C=C[C@H]([C@H](O)CC/C(C)=C/c1ccc(O)c2ccccc12)[C@H](O)c1ccc(OC)cc1. The average Bonchev–Trinajstić information content (AvgIpc) is 2.80. The molecular weight excluding hydrogens is 388 g/mol. The molecule has 0 amide bonds. The summed E-state index contributed by atoms with van der Waals surface area (Å²) in [5.74, 6) is 0.507. The summed E-state index contributed by atoms with van der Waals surface area (Å²) in [5.41, 5.74) is 2.85. The third kappa shape index (κ3) is 5.35. The number of rotatable bonds is 9. The average molecular weight is 419 g/mol. The Hall–Kier alpha value is -3.08. The molecule has 0 aliphatic heterocycles. The first-order chi connectivity index (χ1) is 14.9. The first-order valence-electron chi connectivity index (χ1n) is 10.4. The van der Waals surface area contributed by atoms with Crippen LogP contribution in [-0.4, -0.2) is 28.5 Å². The first kappa shape index (κ1) is 22.6. The van der Waals surface area contributed by atoms with E-state index in [0.29, 0.717) is 24.2 Å². The van der Waals surface area contributed by atoms with E-state index in [1.54, 1.807) is 43.5 Å². The lowest BCUT2D eigenvalue weighted by Gasteiger charge is -2.25. The molecule has 3 atom stereocenters. The molecule has 0 aliphatic rings. The van der Waals surface area contributed by atoms with Gasteiger partial charge in [0.1, 0.15) is 11.5 Å². The lowest BCUT2D eigenvalue weighted by atomic mass is 9.88. The van der Waals surface area contributed by atoms with Gasteiger partial charge in [0.2, 0.25) is 0 Å². The maximum Gasteiger partial charge on any atom is 0.123 e. The van der Waals surface area contributed by atoms with Gasteiger partial charge in [0, 0.05) is 11.3 Å². The molecule has 0 fully saturated rings. The standard InChI is InChI=1S/C27H30O4/c1-4-22(27(30)19-10-13-21(31-3)14-11-19)25(28)15-9-18(2)17-20-12-16-26(29)24-8-6-5-7-23(20)24/h4-8,10-14,16-17,22,25,27-30H,1,9,15H2,2-3H3/b18-17+/t22-,25-,27-/m1/s1. The Morgan fingerprint density at radius 2 is 1.68 bits per heavy atom. The highest BCUT2D eigenvalue weighted by Crippen LogP contribution is 2.31. The van der Waals surface area contributed by atoms with Gasteiger partial charge in [-0.05, 0) is 54.5 Å². The van der Waals surface area contributed by atoms with Crippen LogP contribution in [0, 0.1) is 5.92 Å². The van der Waals surface area contributed by atoms with Gasteiger partial charge in [0.05, 0.1) is 19.3 Å². The van der Waals surface area contributed by atoms with Crippen molar-refractivity contribution < 1.29 is 20.1 Å². The summed E-state index contributed by atoms with van der Waals surface area (Å²) in [6.07, 6.45) is 3.31. The van der Waals surface area contributed by atoms with Gasteiger partial charge < -0.3 is 20.1 Å².